The Morgan fingerprint density at radius 1 is 1.11 bits per heavy atom. The van der Waals surface area contributed by atoms with Gasteiger partial charge in [-0.1, -0.05) is 23.4 Å². The van der Waals surface area contributed by atoms with Crippen molar-refractivity contribution < 1.29 is 9.26 Å². The SMILES string of the molecule is Cc1c(-c2nc(-c3ncccc3OC(C)C)no2)[nH]c(=O)c2ccccc12. The first kappa shape index (κ1) is 17.0. The highest BCUT2D eigenvalue weighted by atomic mass is 16.5. The van der Waals surface area contributed by atoms with Crippen LogP contribution >= 0.6 is 0 Å². The molecule has 0 fully saturated rings. The fourth-order valence-electron chi connectivity index (χ4n) is 2.96. The van der Waals surface area contributed by atoms with Gasteiger partial charge in [-0.05, 0) is 49.9 Å². The molecule has 0 atom stereocenters. The summed E-state index contributed by atoms with van der Waals surface area (Å²) in [5, 5.41) is 5.50. The molecule has 4 aromatic rings. The Hall–Kier alpha value is -3.48. The number of aryl methyl sites for hydroxylation is 1. The fourth-order valence-corrected chi connectivity index (χ4v) is 2.96. The molecule has 0 amide bonds. The fraction of sp³-hybridized carbons (Fsp3) is 0.200. The highest BCUT2D eigenvalue weighted by molar-refractivity contribution is 5.88. The van der Waals surface area contributed by atoms with Gasteiger partial charge in [0.05, 0.1) is 6.10 Å². The minimum Gasteiger partial charge on any atom is -0.489 e. The second kappa shape index (κ2) is 6.68. The summed E-state index contributed by atoms with van der Waals surface area (Å²) in [6, 6.07) is 11.0. The summed E-state index contributed by atoms with van der Waals surface area (Å²) in [6.45, 7) is 5.77. The minimum atomic E-state index is -0.201. The average molecular weight is 362 g/mol. The first-order chi connectivity index (χ1) is 13.0. The van der Waals surface area contributed by atoms with Gasteiger partial charge in [0.1, 0.15) is 11.4 Å². The molecule has 27 heavy (non-hydrogen) atoms. The summed E-state index contributed by atoms with van der Waals surface area (Å²) in [4.78, 5) is 24.0. The van der Waals surface area contributed by atoms with Gasteiger partial charge in [0.25, 0.3) is 11.4 Å². The predicted molar refractivity (Wildman–Crippen MR) is 102 cm³/mol. The van der Waals surface area contributed by atoms with E-state index >= 15 is 0 Å². The van der Waals surface area contributed by atoms with Gasteiger partial charge in [0.2, 0.25) is 5.82 Å². The van der Waals surface area contributed by atoms with Crippen LogP contribution in [0.3, 0.4) is 0 Å². The number of fused-ring (bicyclic) bond motifs is 1. The van der Waals surface area contributed by atoms with Gasteiger partial charge >= 0.3 is 0 Å². The van der Waals surface area contributed by atoms with Gasteiger partial charge in [-0.2, -0.15) is 4.98 Å². The topological polar surface area (TPSA) is 93.9 Å². The van der Waals surface area contributed by atoms with Crippen LogP contribution in [-0.2, 0) is 0 Å². The van der Waals surface area contributed by atoms with E-state index in [9.17, 15) is 4.79 Å². The number of nitrogens with zero attached hydrogens (tertiary/aromatic N) is 3. The van der Waals surface area contributed by atoms with E-state index in [2.05, 4.69) is 20.1 Å². The molecule has 136 valence electrons. The summed E-state index contributed by atoms with van der Waals surface area (Å²) in [6.07, 6.45) is 1.63. The van der Waals surface area contributed by atoms with Gasteiger partial charge < -0.3 is 14.2 Å². The predicted octanol–water partition coefficient (Wildman–Crippen LogP) is 3.74. The number of aromatic nitrogens is 4. The Kier molecular flexibility index (Phi) is 4.19. The van der Waals surface area contributed by atoms with Crippen LogP contribution in [0.4, 0.5) is 0 Å². The smallest absolute Gasteiger partial charge is 0.275 e. The third kappa shape index (κ3) is 3.08. The zero-order valence-electron chi connectivity index (χ0n) is 15.2. The molecule has 7 nitrogen and oxygen atoms in total. The largest absolute Gasteiger partial charge is 0.489 e. The van der Waals surface area contributed by atoms with E-state index in [4.69, 9.17) is 9.26 Å². The normalized spacial score (nSPS) is 11.3. The van der Waals surface area contributed by atoms with Gasteiger partial charge in [-0.15, -0.1) is 0 Å². The average Bonchev–Trinajstić information content (AvgIpc) is 3.14. The second-order valence-electron chi connectivity index (χ2n) is 6.44. The lowest BCUT2D eigenvalue weighted by molar-refractivity contribution is 0.242. The molecular weight excluding hydrogens is 344 g/mol. The Morgan fingerprint density at radius 2 is 1.89 bits per heavy atom. The van der Waals surface area contributed by atoms with E-state index in [0.29, 0.717) is 28.3 Å². The molecule has 1 N–H and O–H groups in total. The van der Waals surface area contributed by atoms with Crippen molar-refractivity contribution in [3.63, 3.8) is 0 Å². The summed E-state index contributed by atoms with van der Waals surface area (Å²) >= 11 is 0. The van der Waals surface area contributed by atoms with Crippen molar-refractivity contribution in [3.8, 4) is 28.9 Å². The number of hydrogen-bond donors (Lipinski definition) is 1. The Labute approximate surface area is 155 Å². The number of pyridine rings is 2. The number of hydrogen-bond acceptors (Lipinski definition) is 6. The van der Waals surface area contributed by atoms with Crippen molar-refractivity contribution in [2.75, 3.05) is 0 Å². The quantitative estimate of drug-likeness (QED) is 0.594. The standard InChI is InChI=1S/C20H18N4O3/c1-11(2)26-15-9-6-10-21-17(15)18-23-20(27-24-18)16-12(3)13-7-4-5-8-14(13)19(25)22-16/h4-11H,1-3H3,(H,22,25). The van der Waals surface area contributed by atoms with E-state index in [1.54, 1.807) is 18.3 Å². The van der Waals surface area contributed by atoms with Crippen molar-refractivity contribution in [3.05, 3.63) is 58.5 Å². The van der Waals surface area contributed by atoms with E-state index in [-0.39, 0.29) is 17.6 Å². The molecule has 3 aromatic heterocycles. The Bertz CT molecular complexity index is 1180. The Balaban J connectivity index is 1.82. The van der Waals surface area contributed by atoms with Gasteiger partial charge in [-0.25, -0.2) is 4.98 Å². The molecule has 0 aliphatic rings. The lowest BCUT2D eigenvalue weighted by atomic mass is 10.1. The molecule has 4 rings (SSSR count). The van der Waals surface area contributed by atoms with Crippen molar-refractivity contribution in [2.45, 2.75) is 26.9 Å². The van der Waals surface area contributed by atoms with Crippen LogP contribution in [0.5, 0.6) is 5.75 Å². The van der Waals surface area contributed by atoms with Crippen LogP contribution in [0.1, 0.15) is 19.4 Å². The molecular formula is C20H18N4O3. The number of aromatic amines is 1. The van der Waals surface area contributed by atoms with Crippen molar-refractivity contribution in [2.24, 2.45) is 0 Å². The van der Waals surface area contributed by atoms with Gasteiger partial charge in [-0.3, -0.25) is 4.79 Å². The second-order valence-corrected chi connectivity index (χ2v) is 6.44. The maximum Gasteiger partial charge on any atom is 0.275 e. The van der Waals surface area contributed by atoms with Gasteiger partial charge in [0.15, 0.2) is 5.69 Å². The van der Waals surface area contributed by atoms with Crippen molar-refractivity contribution in [1.29, 1.82) is 0 Å². The third-order valence-electron chi connectivity index (χ3n) is 4.17. The molecule has 7 heteroatoms. The highest BCUT2D eigenvalue weighted by Crippen LogP contribution is 2.29. The van der Waals surface area contributed by atoms with E-state index in [0.717, 1.165) is 10.9 Å². The molecule has 1 aromatic carbocycles. The first-order valence-electron chi connectivity index (χ1n) is 8.62. The molecule has 0 aliphatic carbocycles. The summed E-state index contributed by atoms with van der Waals surface area (Å²) in [7, 11) is 0. The maximum absolute atomic E-state index is 12.4. The molecule has 3 heterocycles. The molecule has 0 unspecified atom stereocenters. The lowest BCUT2D eigenvalue weighted by Gasteiger charge is -2.11. The number of nitrogens with one attached hydrogen (secondary N) is 1. The molecule has 0 bridgehead atoms. The van der Waals surface area contributed by atoms with Gasteiger partial charge in [0, 0.05) is 11.6 Å². The molecule has 0 saturated heterocycles. The monoisotopic (exact) mass is 362 g/mol. The summed E-state index contributed by atoms with van der Waals surface area (Å²) < 4.78 is 11.2. The van der Waals surface area contributed by atoms with Crippen molar-refractivity contribution >= 4 is 10.8 Å². The van der Waals surface area contributed by atoms with E-state index in [1.807, 2.05) is 45.0 Å². The van der Waals surface area contributed by atoms with Crippen LogP contribution in [0.15, 0.2) is 51.9 Å². The number of benzene rings is 1. The highest BCUT2D eigenvalue weighted by Gasteiger charge is 2.19. The van der Waals surface area contributed by atoms with Crippen LogP contribution in [0, 0.1) is 6.92 Å². The van der Waals surface area contributed by atoms with Crippen LogP contribution < -0.4 is 10.3 Å². The summed E-state index contributed by atoms with van der Waals surface area (Å²) in [5.41, 5.74) is 1.65. The molecule has 0 spiro atoms. The minimum absolute atomic E-state index is 0.0154. The van der Waals surface area contributed by atoms with Crippen LogP contribution in [0.2, 0.25) is 0 Å². The lowest BCUT2D eigenvalue weighted by Crippen LogP contribution is -2.09. The molecule has 0 radical (unpaired) electrons. The number of rotatable bonds is 4. The van der Waals surface area contributed by atoms with E-state index in [1.165, 1.54) is 0 Å². The van der Waals surface area contributed by atoms with Crippen LogP contribution in [-0.4, -0.2) is 26.2 Å². The summed E-state index contributed by atoms with van der Waals surface area (Å²) in [5.74, 6) is 1.10. The van der Waals surface area contributed by atoms with Crippen LogP contribution in [0.25, 0.3) is 33.9 Å². The number of H-pyrrole nitrogens is 1. The zero-order chi connectivity index (χ0) is 19.0. The zero-order valence-corrected chi connectivity index (χ0v) is 15.2. The third-order valence-corrected chi connectivity index (χ3v) is 4.17. The maximum atomic E-state index is 12.4. The number of ether oxygens (including phenoxy) is 1. The first-order valence-corrected chi connectivity index (χ1v) is 8.62. The molecule has 0 aliphatic heterocycles. The van der Waals surface area contributed by atoms with Crippen molar-refractivity contribution in [1.82, 2.24) is 20.1 Å². The molecule has 0 saturated carbocycles. The van der Waals surface area contributed by atoms with E-state index < -0.39 is 0 Å². The Morgan fingerprint density at radius 3 is 2.67 bits per heavy atom.